The second kappa shape index (κ2) is 12.0. The number of fused-ring (bicyclic) bond motifs is 3. The molecule has 0 aliphatic rings. The van der Waals surface area contributed by atoms with Gasteiger partial charge in [-0.15, -0.1) is 0 Å². The van der Waals surface area contributed by atoms with Crippen LogP contribution in [-0.4, -0.2) is 12.6 Å². The molecule has 0 saturated heterocycles. The van der Waals surface area contributed by atoms with E-state index < -0.39 is 8.07 Å². The third-order valence-electron chi connectivity index (χ3n) is 9.34. The van der Waals surface area contributed by atoms with Gasteiger partial charge in [-0.05, 0) is 68.5 Å². The van der Waals surface area contributed by atoms with E-state index in [1.165, 1.54) is 20.7 Å². The lowest BCUT2D eigenvalue weighted by Crippen LogP contribution is -2.74. The van der Waals surface area contributed by atoms with E-state index in [2.05, 4.69) is 160 Å². The van der Waals surface area contributed by atoms with Crippen molar-refractivity contribution in [1.82, 2.24) is 4.57 Å². The Kier molecular flexibility index (Phi) is 7.27. The molecule has 3 nitrogen and oxygen atoms in total. The lowest BCUT2D eigenvalue weighted by Gasteiger charge is -2.35. The zero-order chi connectivity index (χ0) is 32.5. The molecule has 0 amide bonds. The van der Waals surface area contributed by atoms with Crippen molar-refractivity contribution in [3.05, 3.63) is 199 Å². The molecule has 0 atom stereocenters. The summed E-state index contributed by atoms with van der Waals surface area (Å²) >= 11 is 0. The Morgan fingerprint density at radius 2 is 0.938 bits per heavy atom. The van der Waals surface area contributed by atoms with Gasteiger partial charge >= 0.3 is 0 Å². The van der Waals surface area contributed by atoms with Gasteiger partial charge in [0.2, 0.25) is 0 Å². The number of hydrogen-bond acceptors (Lipinski definition) is 0. The monoisotopic (exact) mass is 627 g/mol. The molecule has 0 aliphatic heterocycles. The highest BCUT2D eigenvalue weighted by Gasteiger charge is 2.41. The van der Waals surface area contributed by atoms with Crippen LogP contribution in [0.5, 0.6) is 0 Å². The predicted octanol–water partition coefficient (Wildman–Crippen LogP) is 8.93. The van der Waals surface area contributed by atoms with Crippen LogP contribution in [0.2, 0.25) is 0 Å². The summed E-state index contributed by atoms with van der Waals surface area (Å²) in [6.45, 7) is 15.7. The smallest absolute Gasteiger partial charge is 0.188 e. The maximum atomic E-state index is 8.15. The fraction of sp³-hybridized carbons (Fsp3) is 0. The lowest BCUT2D eigenvalue weighted by molar-refractivity contribution is 1.18. The molecule has 0 spiro atoms. The second-order valence-corrected chi connectivity index (χ2v) is 15.8. The average molecular weight is 628 g/mol. The normalized spacial score (nSPS) is 11.3. The molecule has 8 rings (SSSR count). The number of para-hydroxylation sites is 1. The van der Waals surface area contributed by atoms with Gasteiger partial charge in [0.05, 0.1) is 24.2 Å². The first kappa shape index (κ1) is 29.0. The number of hydrogen-bond donors (Lipinski definition) is 0. The maximum absolute atomic E-state index is 8.15. The van der Waals surface area contributed by atoms with Gasteiger partial charge in [-0.1, -0.05) is 145 Å². The van der Waals surface area contributed by atoms with Gasteiger partial charge in [0.1, 0.15) is 0 Å². The van der Waals surface area contributed by atoms with Crippen molar-refractivity contribution in [2.24, 2.45) is 0 Å². The molecule has 0 aliphatic carbocycles. The van der Waals surface area contributed by atoms with Gasteiger partial charge in [-0.3, -0.25) is 0 Å². The van der Waals surface area contributed by atoms with Gasteiger partial charge in [-0.2, -0.15) is 0 Å². The van der Waals surface area contributed by atoms with Crippen LogP contribution >= 0.6 is 0 Å². The zero-order valence-electron chi connectivity index (χ0n) is 26.1. The van der Waals surface area contributed by atoms with Crippen LogP contribution in [0.1, 0.15) is 0 Å². The molecular formula is C44H29N3Si. The van der Waals surface area contributed by atoms with E-state index in [-0.39, 0.29) is 0 Å². The summed E-state index contributed by atoms with van der Waals surface area (Å²) in [7, 11) is -2.80. The van der Waals surface area contributed by atoms with Crippen LogP contribution in [0.15, 0.2) is 176 Å². The van der Waals surface area contributed by atoms with E-state index in [1.54, 1.807) is 0 Å². The summed E-state index contributed by atoms with van der Waals surface area (Å²) in [6, 6.07) is 61.8. The Labute approximate surface area is 281 Å². The predicted molar refractivity (Wildman–Crippen MR) is 202 cm³/mol. The largest absolute Gasteiger partial charge is 0.309 e. The molecule has 1 aromatic heterocycles. The summed E-state index contributed by atoms with van der Waals surface area (Å²) in [6.07, 6.45) is 0. The van der Waals surface area contributed by atoms with E-state index in [9.17, 15) is 0 Å². The van der Waals surface area contributed by atoms with Crippen LogP contribution in [0.3, 0.4) is 0 Å². The Bertz CT molecular complexity index is 2410. The first-order chi connectivity index (χ1) is 23.7. The molecule has 0 radical (unpaired) electrons. The summed E-state index contributed by atoms with van der Waals surface area (Å²) in [4.78, 5) is 7.67. The zero-order valence-corrected chi connectivity index (χ0v) is 27.1. The van der Waals surface area contributed by atoms with Crippen molar-refractivity contribution < 1.29 is 0 Å². The van der Waals surface area contributed by atoms with E-state index in [0.717, 1.165) is 38.6 Å². The van der Waals surface area contributed by atoms with E-state index in [0.29, 0.717) is 11.4 Å². The Hall–Kier alpha value is -6.46. The molecule has 0 unspecified atom stereocenters. The van der Waals surface area contributed by atoms with Gasteiger partial charge in [0.15, 0.2) is 19.4 Å². The van der Waals surface area contributed by atoms with Gasteiger partial charge in [0.25, 0.3) is 0 Å². The summed E-state index contributed by atoms with van der Waals surface area (Å²) < 4.78 is 2.27. The third kappa shape index (κ3) is 4.72. The van der Waals surface area contributed by atoms with Crippen molar-refractivity contribution in [3.63, 3.8) is 0 Å². The molecule has 0 fully saturated rings. The van der Waals surface area contributed by atoms with Gasteiger partial charge < -0.3 is 4.57 Å². The summed E-state index contributed by atoms with van der Waals surface area (Å²) in [5.74, 6) is 0. The number of rotatable bonds is 6. The van der Waals surface area contributed by atoms with E-state index in [1.807, 2.05) is 30.3 Å². The standard InChI is InChI=1S/C44H29N3Si/c1-45-34-24-27-44-42(31-34)41-20-12-13-21-43(41)47(44)36-25-22-32(23-26-36)33-28-35(46-2)30-40(29-33)48(37-14-6-3-7-15-37,38-16-8-4-9-17-38)39-18-10-5-11-19-39/h3-31H. The Morgan fingerprint density at radius 1 is 0.396 bits per heavy atom. The molecule has 0 saturated carbocycles. The minimum absolute atomic E-state index is 0.629. The van der Waals surface area contributed by atoms with Crippen molar-refractivity contribution >= 4 is 62.0 Å². The van der Waals surface area contributed by atoms with E-state index in [4.69, 9.17) is 13.1 Å². The topological polar surface area (TPSA) is 13.6 Å². The Balaban J connectivity index is 1.32. The highest BCUT2D eigenvalue weighted by Crippen LogP contribution is 2.35. The minimum Gasteiger partial charge on any atom is -0.309 e. The quantitative estimate of drug-likeness (QED) is 0.0993. The summed E-state index contributed by atoms with van der Waals surface area (Å²) in [5, 5.41) is 7.20. The van der Waals surface area contributed by atoms with Crippen molar-refractivity contribution in [2.75, 3.05) is 0 Å². The van der Waals surface area contributed by atoms with Crippen molar-refractivity contribution in [1.29, 1.82) is 0 Å². The highest BCUT2D eigenvalue weighted by atomic mass is 28.3. The minimum atomic E-state index is -2.80. The van der Waals surface area contributed by atoms with Crippen LogP contribution < -0.4 is 20.7 Å². The molecule has 48 heavy (non-hydrogen) atoms. The van der Waals surface area contributed by atoms with Crippen LogP contribution in [0, 0.1) is 13.1 Å². The molecule has 8 aromatic rings. The summed E-state index contributed by atoms with van der Waals surface area (Å²) in [5.41, 5.74) is 6.56. The SMILES string of the molecule is [C-]#[N+]c1cc(-c2ccc(-n3c4ccccc4c4cc([N+]#[C-])ccc43)cc2)cc([Si](c2ccccc2)(c2ccccc2)c2ccccc2)c1. The third-order valence-corrected chi connectivity index (χ3v) is 14.1. The molecule has 224 valence electrons. The Morgan fingerprint density at radius 3 is 1.52 bits per heavy atom. The molecule has 1 heterocycles. The number of benzene rings is 7. The molecule has 0 bridgehead atoms. The number of aromatic nitrogens is 1. The van der Waals surface area contributed by atoms with Gasteiger partial charge in [0, 0.05) is 11.1 Å². The molecular weight excluding hydrogens is 599 g/mol. The van der Waals surface area contributed by atoms with Crippen LogP contribution in [-0.2, 0) is 0 Å². The first-order valence-electron chi connectivity index (χ1n) is 15.9. The highest BCUT2D eigenvalue weighted by molar-refractivity contribution is 7.20. The molecule has 4 heteroatoms. The lowest BCUT2D eigenvalue weighted by atomic mass is 10.0. The van der Waals surface area contributed by atoms with Crippen molar-refractivity contribution in [2.45, 2.75) is 0 Å². The van der Waals surface area contributed by atoms with Crippen molar-refractivity contribution in [3.8, 4) is 16.8 Å². The molecule has 7 aromatic carbocycles. The van der Waals surface area contributed by atoms with Crippen LogP contribution in [0.4, 0.5) is 11.4 Å². The second-order valence-electron chi connectivity index (χ2n) is 11.9. The maximum Gasteiger partial charge on any atom is 0.188 e. The average Bonchev–Trinajstić information content (AvgIpc) is 3.50. The molecule has 0 N–H and O–H groups in total. The first-order valence-corrected chi connectivity index (χ1v) is 17.9. The van der Waals surface area contributed by atoms with Gasteiger partial charge in [-0.25, -0.2) is 9.69 Å². The number of nitrogens with zero attached hydrogens (tertiary/aromatic N) is 3. The fourth-order valence-electron chi connectivity index (χ4n) is 7.23. The fourth-order valence-corrected chi connectivity index (χ4v) is 12.0. The van der Waals surface area contributed by atoms with E-state index >= 15 is 0 Å². The van der Waals surface area contributed by atoms with Crippen LogP contribution in [0.25, 0.3) is 48.3 Å².